The van der Waals surface area contributed by atoms with Crippen molar-refractivity contribution < 1.29 is 14.7 Å². The molecular weight excluding hydrogens is 286 g/mol. The summed E-state index contributed by atoms with van der Waals surface area (Å²) < 4.78 is 0. The molecule has 21 heavy (non-hydrogen) atoms. The van der Waals surface area contributed by atoms with Crippen LogP contribution in [0.1, 0.15) is 35.3 Å². The van der Waals surface area contributed by atoms with Gasteiger partial charge in [-0.2, -0.15) is 0 Å². The molecule has 0 radical (unpaired) electrons. The van der Waals surface area contributed by atoms with Gasteiger partial charge >= 0.3 is 5.97 Å². The minimum atomic E-state index is -0.927. The maximum Gasteiger partial charge on any atom is 0.327 e. The molecule has 2 atom stereocenters. The van der Waals surface area contributed by atoms with E-state index in [0.29, 0.717) is 11.3 Å². The van der Waals surface area contributed by atoms with Crippen LogP contribution in [0.5, 0.6) is 0 Å². The van der Waals surface area contributed by atoms with Gasteiger partial charge in [0, 0.05) is 11.3 Å². The summed E-state index contributed by atoms with van der Waals surface area (Å²) in [6.45, 7) is 7.90. The van der Waals surface area contributed by atoms with E-state index < -0.39 is 12.0 Å². The molecule has 1 amide bonds. The molecule has 4 nitrogen and oxygen atoms in total. The van der Waals surface area contributed by atoms with Crippen molar-refractivity contribution in [3.63, 3.8) is 0 Å². The predicted octanol–water partition coefficient (Wildman–Crippen LogP) is 2.93. The first-order valence-corrected chi connectivity index (χ1v) is 8.12. The molecule has 1 N–H and O–H groups in total. The van der Waals surface area contributed by atoms with Gasteiger partial charge in [0.2, 0.25) is 0 Å². The molecule has 2 unspecified atom stereocenters. The predicted molar refractivity (Wildman–Crippen MR) is 84.6 cm³/mol. The second-order valence-corrected chi connectivity index (χ2v) is 6.93. The number of carboxylic acids is 1. The van der Waals surface area contributed by atoms with Crippen molar-refractivity contribution in [1.29, 1.82) is 0 Å². The second-order valence-electron chi connectivity index (χ2n) is 5.78. The molecular formula is C16H21NO3S. The van der Waals surface area contributed by atoms with E-state index in [9.17, 15) is 14.7 Å². The lowest BCUT2D eigenvalue weighted by Crippen LogP contribution is -2.47. The van der Waals surface area contributed by atoms with E-state index in [2.05, 4.69) is 0 Å². The molecule has 1 aliphatic rings. The standard InChI is InChI=1S/C16H21NO3S/c1-9(2)15-17(13(8-21-15)16(19)20)14(18)12-7-5-6-10(3)11(12)4/h5-7,9,13,15H,8H2,1-4H3,(H,19,20). The highest BCUT2D eigenvalue weighted by Crippen LogP contribution is 2.35. The van der Waals surface area contributed by atoms with Crippen molar-refractivity contribution in [2.45, 2.75) is 39.1 Å². The van der Waals surface area contributed by atoms with Crippen molar-refractivity contribution in [1.82, 2.24) is 4.90 Å². The van der Waals surface area contributed by atoms with Crippen molar-refractivity contribution in [2.75, 3.05) is 5.75 Å². The number of rotatable bonds is 3. The second kappa shape index (κ2) is 6.10. The Morgan fingerprint density at radius 2 is 2.00 bits per heavy atom. The van der Waals surface area contributed by atoms with Crippen LogP contribution in [0.15, 0.2) is 18.2 Å². The Hall–Kier alpha value is -1.49. The lowest BCUT2D eigenvalue weighted by molar-refractivity contribution is -0.141. The number of thioether (sulfide) groups is 1. The number of hydrogen-bond acceptors (Lipinski definition) is 3. The number of carboxylic acid groups (broad SMARTS) is 1. The summed E-state index contributed by atoms with van der Waals surface area (Å²) in [7, 11) is 0. The Bertz CT molecular complexity index is 571. The molecule has 114 valence electrons. The van der Waals surface area contributed by atoms with Crippen molar-refractivity contribution in [2.24, 2.45) is 5.92 Å². The minimum Gasteiger partial charge on any atom is -0.480 e. The first kappa shape index (κ1) is 15.9. The summed E-state index contributed by atoms with van der Waals surface area (Å²) in [6, 6.07) is 4.84. The van der Waals surface area contributed by atoms with Gasteiger partial charge in [-0.15, -0.1) is 11.8 Å². The number of aliphatic carboxylic acids is 1. The minimum absolute atomic E-state index is 0.0847. The van der Waals surface area contributed by atoms with Crippen LogP contribution >= 0.6 is 11.8 Å². The van der Waals surface area contributed by atoms with E-state index in [-0.39, 0.29) is 17.2 Å². The van der Waals surface area contributed by atoms with Crippen LogP contribution in [0.4, 0.5) is 0 Å². The van der Waals surface area contributed by atoms with Gasteiger partial charge in [0.05, 0.1) is 5.37 Å². The molecule has 0 spiro atoms. The molecule has 0 bridgehead atoms. The van der Waals surface area contributed by atoms with E-state index in [4.69, 9.17) is 0 Å². The molecule has 1 aromatic carbocycles. The van der Waals surface area contributed by atoms with Gasteiger partial charge in [-0.05, 0) is 37.0 Å². The summed E-state index contributed by atoms with van der Waals surface area (Å²) in [6.07, 6.45) is 0. The highest BCUT2D eigenvalue weighted by molar-refractivity contribution is 8.00. The average Bonchev–Trinajstić information content (AvgIpc) is 2.86. The van der Waals surface area contributed by atoms with Crippen LogP contribution in [0.25, 0.3) is 0 Å². The fourth-order valence-corrected chi connectivity index (χ4v) is 4.08. The highest BCUT2D eigenvalue weighted by atomic mass is 32.2. The van der Waals surface area contributed by atoms with Crippen LogP contribution in [0.3, 0.4) is 0 Å². The van der Waals surface area contributed by atoms with Gasteiger partial charge in [0.1, 0.15) is 6.04 Å². The zero-order valence-corrected chi connectivity index (χ0v) is 13.6. The molecule has 2 rings (SSSR count). The Kier molecular flexibility index (Phi) is 4.61. The summed E-state index contributed by atoms with van der Waals surface area (Å²) >= 11 is 1.55. The molecule has 0 saturated carbocycles. The Morgan fingerprint density at radius 1 is 1.33 bits per heavy atom. The number of benzene rings is 1. The maximum absolute atomic E-state index is 12.9. The Labute approximate surface area is 129 Å². The third-order valence-corrected chi connectivity index (χ3v) is 5.58. The normalized spacial score (nSPS) is 21.9. The monoisotopic (exact) mass is 307 g/mol. The van der Waals surface area contributed by atoms with E-state index >= 15 is 0 Å². The highest BCUT2D eigenvalue weighted by Gasteiger charge is 2.43. The fraction of sp³-hybridized carbons (Fsp3) is 0.500. The zero-order chi connectivity index (χ0) is 15.7. The van der Waals surface area contributed by atoms with Gasteiger partial charge in [0.15, 0.2) is 0 Å². The van der Waals surface area contributed by atoms with Crippen LogP contribution in [-0.4, -0.2) is 39.1 Å². The van der Waals surface area contributed by atoms with E-state index in [1.807, 2.05) is 39.8 Å². The Morgan fingerprint density at radius 3 is 2.57 bits per heavy atom. The van der Waals surface area contributed by atoms with Gasteiger partial charge in [0.25, 0.3) is 5.91 Å². The lowest BCUT2D eigenvalue weighted by Gasteiger charge is -2.30. The zero-order valence-electron chi connectivity index (χ0n) is 12.8. The van der Waals surface area contributed by atoms with Crippen LogP contribution < -0.4 is 0 Å². The number of carbonyl (C=O) groups excluding carboxylic acids is 1. The van der Waals surface area contributed by atoms with Gasteiger partial charge in [-0.3, -0.25) is 4.79 Å². The Balaban J connectivity index is 2.42. The number of carbonyl (C=O) groups is 2. The maximum atomic E-state index is 12.9. The lowest BCUT2D eigenvalue weighted by atomic mass is 10.0. The van der Waals surface area contributed by atoms with E-state index in [1.54, 1.807) is 22.7 Å². The molecule has 1 fully saturated rings. The summed E-state index contributed by atoms with van der Waals surface area (Å²) in [5, 5.41) is 9.31. The van der Waals surface area contributed by atoms with Crippen LogP contribution in [0, 0.1) is 19.8 Å². The molecule has 5 heteroatoms. The molecule has 1 heterocycles. The largest absolute Gasteiger partial charge is 0.480 e. The average molecular weight is 307 g/mol. The summed E-state index contributed by atoms with van der Waals surface area (Å²) in [4.78, 5) is 25.9. The van der Waals surface area contributed by atoms with Gasteiger partial charge in [-0.25, -0.2) is 4.79 Å². The molecule has 1 saturated heterocycles. The number of amides is 1. The first-order chi connectivity index (χ1) is 9.84. The summed E-state index contributed by atoms with van der Waals surface area (Å²) in [5.41, 5.74) is 2.57. The van der Waals surface area contributed by atoms with E-state index in [1.165, 1.54) is 0 Å². The number of hydrogen-bond donors (Lipinski definition) is 1. The SMILES string of the molecule is Cc1cccc(C(=O)N2C(C(=O)O)CSC2C(C)C)c1C. The van der Waals surface area contributed by atoms with Crippen LogP contribution in [0.2, 0.25) is 0 Å². The summed E-state index contributed by atoms with van der Waals surface area (Å²) in [5.74, 6) is -0.431. The molecule has 0 aromatic heterocycles. The van der Waals surface area contributed by atoms with Gasteiger partial charge < -0.3 is 10.0 Å². The molecule has 0 aliphatic carbocycles. The molecule has 1 aromatic rings. The van der Waals surface area contributed by atoms with Crippen molar-refractivity contribution in [3.8, 4) is 0 Å². The van der Waals surface area contributed by atoms with Crippen molar-refractivity contribution in [3.05, 3.63) is 34.9 Å². The third-order valence-electron chi connectivity index (χ3n) is 3.96. The van der Waals surface area contributed by atoms with Gasteiger partial charge in [-0.1, -0.05) is 26.0 Å². The molecule has 1 aliphatic heterocycles. The van der Waals surface area contributed by atoms with Crippen LogP contribution in [-0.2, 0) is 4.79 Å². The topological polar surface area (TPSA) is 57.6 Å². The smallest absolute Gasteiger partial charge is 0.327 e. The third kappa shape index (κ3) is 2.93. The van der Waals surface area contributed by atoms with Crippen molar-refractivity contribution >= 4 is 23.6 Å². The van der Waals surface area contributed by atoms with E-state index in [0.717, 1.165) is 11.1 Å². The number of aryl methyl sites for hydroxylation is 1. The number of nitrogens with zero attached hydrogens (tertiary/aromatic N) is 1. The quantitative estimate of drug-likeness (QED) is 0.933. The first-order valence-electron chi connectivity index (χ1n) is 7.08. The fourth-order valence-electron chi connectivity index (χ4n) is 2.61.